The Morgan fingerprint density at radius 3 is 1.85 bits per heavy atom. The van der Waals surface area contributed by atoms with E-state index in [0.717, 1.165) is 37.7 Å². The molecule has 4 aromatic rings. The van der Waals surface area contributed by atoms with Gasteiger partial charge >= 0.3 is 29.8 Å². The molecule has 9 unspecified atom stereocenters. The van der Waals surface area contributed by atoms with Crippen molar-refractivity contribution in [1.82, 2.24) is 0 Å². The molecule has 0 radical (unpaired) electrons. The van der Waals surface area contributed by atoms with Crippen molar-refractivity contribution < 1.29 is 67.0 Å². The summed E-state index contributed by atoms with van der Waals surface area (Å²) in [6.07, 6.45) is -7.89. The number of methoxy groups -OCH3 is 1. The van der Waals surface area contributed by atoms with E-state index < -0.39 is 97.4 Å². The van der Waals surface area contributed by atoms with Crippen LogP contribution in [-0.4, -0.2) is 104 Å². The van der Waals surface area contributed by atoms with Crippen LogP contribution in [0.25, 0.3) is 10.4 Å². The predicted octanol–water partition coefficient (Wildman–Crippen LogP) is 7.50. The molecule has 358 valence electrons. The Bertz CT molecular complexity index is 2330. The van der Waals surface area contributed by atoms with Crippen LogP contribution in [0.2, 0.25) is 0 Å². The molecule has 7 rings (SSSR count). The molecular weight excluding hydrogens is 879 g/mol. The van der Waals surface area contributed by atoms with Crippen molar-refractivity contribution in [3.63, 3.8) is 0 Å². The van der Waals surface area contributed by atoms with Crippen LogP contribution in [0.4, 0.5) is 0 Å². The topological polar surface area (TPSA) is 228 Å². The number of hydrogen-bond acceptors (Lipinski definition) is 15. The van der Waals surface area contributed by atoms with Crippen molar-refractivity contribution >= 4 is 29.8 Å². The van der Waals surface area contributed by atoms with Crippen LogP contribution in [0, 0.1) is 11.8 Å². The summed E-state index contributed by atoms with van der Waals surface area (Å²) in [5, 5.41) is 15.4. The van der Waals surface area contributed by atoms with Crippen molar-refractivity contribution in [2.45, 2.75) is 113 Å². The van der Waals surface area contributed by atoms with Gasteiger partial charge in [-0.05, 0) is 72.7 Å². The molecule has 2 saturated carbocycles. The van der Waals surface area contributed by atoms with Gasteiger partial charge in [0.15, 0.2) is 24.6 Å². The Morgan fingerprint density at radius 2 is 1.28 bits per heavy atom. The molecule has 0 spiro atoms. The third kappa shape index (κ3) is 13.1. The molecule has 0 bridgehead atoms. The number of carbonyl (C=O) groups is 5. The van der Waals surface area contributed by atoms with Crippen LogP contribution in [0.1, 0.15) is 88.0 Å². The molecule has 0 aromatic heterocycles. The number of ether oxygens (including phenoxy) is 8. The van der Waals surface area contributed by atoms with Gasteiger partial charge in [-0.3, -0.25) is 4.79 Å². The van der Waals surface area contributed by atoms with Gasteiger partial charge < -0.3 is 43.0 Å². The first-order valence-electron chi connectivity index (χ1n) is 22.8. The van der Waals surface area contributed by atoms with E-state index in [4.69, 9.17) is 37.9 Å². The maximum absolute atomic E-state index is 14.5. The molecule has 1 aliphatic heterocycles. The molecule has 1 N–H and O–H groups in total. The highest BCUT2D eigenvalue weighted by molar-refractivity contribution is 5.90. The Balaban J connectivity index is 1.33. The number of azide groups is 1. The monoisotopic (exact) mass is 933 g/mol. The van der Waals surface area contributed by atoms with E-state index in [1.807, 2.05) is 18.2 Å². The number of benzene rings is 4. The lowest BCUT2D eigenvalue weighted by Gasteiger charge is -2.47. The van der Waals surface area contributed by atoms with E-state index >= 15 is 0 Å². The maximum Gasteiger partial charge on any atom is 0.338 e. The molecule has 10 atom stereocenters. The molecule has 3 fully saturated rings. The SMILES string of the molecule is COC(=O)C1CC(N=[N+]=[N-])C(O)C(OC2OC(COC(=O)c3ccccc3)C(OC(=O)c3ccccc3)C(O[C@@H](CC3CCCCC3)C(=O)OCc3ccccc3)C2OC(=O)c2ccccc2)C1. The third-order valence-corrected chi connectivity index (χ3v) is 12.4. The van der Waals surface area contributed by atoms with Crippen LogP contribution >= 0.6 is 0 Å². The van der Waals surface area contributed by atoms with Gasteiger partial charge in [-0.1, -0.05) is 122 Å². The first-order chi connectivity index (χ1) is 33.1. The molecule has 68 heavy (non-hydrogen) atoms. The molecule has 1 heterocycles. The molecule has 4 aromatic carbocycles. The largest absolute Gasteiger partial charge is 0.469 e. The second kappa shape index (κ2) is 24.4. The van der Waals surface area contributed by atoms with Gasteiger partial charge in [0.05, 0.1) is 48.0 Å². The number of rotatable bonds is 18. The third-order valence-electron chi connectivity index (χ3n) is 12.4. The van der Waals surface area contributed by atoms with Gasteiger partial charge in [-0.2, -0.15) is 0 Å². The zero-order chi connectivity index (χ0) is 47.8. The van der Waals surface area contributed by atoms with Gasteiger partial charge in [0.25, 0.3) is 0 Å². The second-order valence-electron chi connectivity index (χ2n) is 17.0. The summed E-state index contributed by atoms with van der Waals surface area (Å²) >= 11 is 0. The quantitative estimate of drug-likeness (QED) is 0.0335. The van der Waals surface area contributed by atoms with Crippen LogP contribution in [0.5, 0.6) is 0 Å². The summed E-state index contributed by atoms with van der Waals surface area (Å²) in [6, 6.07) is 32.1. The fraction of sp³-hybridized carbons (Fsp3) is 0.431. The first kappa shape index (κ1) is 49.3. The van der Waals surface area contributed by atoms with E-state index in [1.54, 1.807) is 78.9 Å². The van der Waals surface area contributed by atoms with Gasteiger partial charge in [-0.15, -0.1) is 0 Å². The van der Waals surface area contributed by atoms with Crippen molar-refractivity contribution in [3.8, 4) is 0 Å². The van der Waals surface area contributed by atoms with Gasteiger partial charge in [0.2, 0.25) is 0 Å². The number of hydrogen-bond donors (Lipinski definition) is 1. The van der Waals surface area contributed by atoms with Crippen LogP contribution in [0.15, 0.2) is 126 Å². The minimum atomic E-state index is -1.75. The van der Waals surface area contributed by atoms with Crippen LogP contribution in [-0.2, 0) is 54.1 Å². The number of esters is 5. The van der Waals surface area contributed by atoms with E-state index in [2.05, 4.69) is 10.0 Å². The van der Waals surface area contributed by atoms with Gasteiger partial charge in [0, 0.05) is 4.91 Å². The number of carbonyl (C=O) groups excluding carboxylic acids is 5. The summed E-state index contributed by atoms with van der Waals surface area (Å²) < 4.78 is 49.4. The maximum atomic E-state index is 14.5. The molecular formula is C51H55N3O14. The van der Waals surface area contributed by atoms with Gasteiger partial charge in [0.1, 0.15) is 25.4 Å². The highest BCUT2D eigenvalue weighted by Gasteiger charge is 2.55. The summed E-state index contributed by atoms with van der Waals surface area (Å²) in [4.78, 5) is 72.3. The number of nitrogens with zero attached hydrogens (tertiary/aromatic N) is 3. The number of aliphatic hydroxyl groups is 1. The van der Waals surface area contributed by atoms with Crippen LogP contribution in [0.3, 0.4) is 0 Å². The van der Waals surface area contributed by atoms with Crippen molar-refractivity contribution in [2.75, 3.05) is 13.7 Å². The predicted molar refractivity (Wildman–Crippen MR) is 241 cm³/mol. The zero-order valence-electron chi connectivity index (χ0n) is 37.6. The van der Waals surface area contributed by atoms with Crippen molar-refractivity contribution in [3.05, 3.63) is 154 Å². The Labute approximate surface area is 393 Å². The lowest BCUT2D eigenvalue weighted by atomic mass is 9.82. The van der Waals surface area contributed by atoms with Crippen LogP contribution < -0.4 is 0 Å². The Kier molecular flexibility index (Phi) is 17.7. The zero-order valence-corrected chi connectivity index (χ0v) is 37.6. The lowest BCUT2D eigenvalue weighted by molar-refractivity contribution is -0.327. The number of aliphatic hydroxyl groups excluding tert-OH is 1. The summed E-state index contributed by atoms with van der Waals surface area (Å²) in [6.45, 7) is -0.682. The second-order valence-corrected chi connectivity index (χ2v) is 17.0. The molecule has 2 aliphatic carbocycles. The van der Waals surface area contributed by atoms with E-state index in [-0.39, 0.29) is 48.5 Å². The minimum absolute atomic E-state index is 0.0217. The van der Waals surface area contributed by atoms with Crippen molar-refractivity contribution in [1.29, 1.82) is 0 Å². The van der Waals surface area contributed by atoms with E-state index in [1.165, 1.54) is 31.4 Å². The van der Waals surface area contributed by atoms with E-state index in [0.29, 0.717) is 0 Å². The lowest BCUT2D eigenvalue weighted by Crippen LogP contribution is -2.65. The average Bonchev–Trinajstić information content (AvgIpc) is 3.38. The summed E-state index contributed by atoms with van der Waals surface area (Å²) in [5.41, 5.74) is 10.6. The Morgan fingerprint density at radius 1 is 0.721 bits per heavy atom. The fourth-order valence-corrected chi connectivity index (χ4v) is 8.88. The summed E-state index contributed by atoms with van der Waals surface area (Å²) in [7, 11) is 1.20. The molecule has 17 nitrogen and oxygen atoms in total. The van der Waals surface area contributed by atoms with E-state index in [9.17, 15) is 34.6 Å². The normalized spacial score (nSPS) is 25.4. The Hall–Kier alpha value is -6.62. The molecule has 3 aliphatic rings. The van der Waals surface area contributed by atoms with Crippen molar-refractivity contribution in [2.24, 2.45) is 17.0 Å². The fourth-order valence-electron chi connectivity index (χ4n) is 8.88. The molecule has 0 amide bonds. The standard InChI is InChI=1S/C51H55N3O14/c1-61-46(56)37-28-38(53-54-52)42(55)39(29-37)65-51-45(68-49(59)36-25-15-6-16-26-36)44(64-40(27-32-17-7-2-8-18-32)50(60)62-30-33-19-9-3-10-20-33)43(67-48(58)35-23-13-5-14-24-35)41(66-51)31-63-47(57)34-21-11-4-12-22-34/h3-6,9-16,19-26,32,37-45,51,55H,2,7-8,17-18,27-31H2,1H3/t37?,38?,39?,40-,41?,42?,43?,44?,45?,51?/m0/s1. The summed E-state index contributed by atoms with van der Waals surface area (Å²) in [5.74, 6) is -4.77. The highest BCUT2D eigenvalue weighted by Crippen LogP contribution is 2.38. The average molecular weight is 934 g/mol. The first-order valence-corrected chi connectivity index (χ1v) is 22.8. The molecule has 1 saturated heterocycles. The highest BCUT2D eigenvalue weighted by atomic mass is 16.7. The van der Waals surface area contributed by atoms with Gasteiger partial charge in [-0.25, -0.2) is 19.2 Å². The molecule has 17 heteroatoms. The minimum Gasteiger partial charge on any atom is -0.469 e. The smallest absolute Gasteiger partial charge is 0.338 e.